The molecule has 1 aromatic carbocycles. The lowest BCUT2D eigenvalue weighted by atomic mass is 10.2. The van der Waals surface area contributed by atoms with Crippen molar-refractivity contribution in [2.45, 2.75) is 24.3 Å². The quantitative estimate of drug-likeness (QED) is 0.393. The van der Waals surface area contributed by atoms with Gasteiger partial charge in [-0.05, 0) is 26.0 Å². The molecule has 0 bridgehead atoms. The van der Waals surface area contributed by atoms with E-state index in [0.717, 1.165) is 11.0 Å². The van der Waals surface area contributed by atoms with E-state index in [1.165, 1.54) is 23.9 Å². The monoisotopic (exact) mass is 346 g/mol. The van der Waals surface area contributed by atoms with Gasteiger partial charge in [0.2, 0.25) is 11.8 Å². The van der Waals surface area contributed by atoms with E-state index in [-0.39, 0.29) is 10.9 Å². The van der Waals surface area contributed by atoms with E-state index >= 15 is 0 Å². The van der Waals surface area contributed by atoms with Gasteiger partial charge in [0.05, 0.1) is 10.2 Å². The van der Waals surface area contributed by atoms with Crippen molar-refractivity contribution in [3.63, 3.8) is 0 Å². The largest absolute Gasteiger partial charge is 0.419 e. The first-order valence-corrected chi connectivity index (χ1v) is 7.94. The highest BCUT2D eigenvalue weighted by Gasteiger charge is 2.19. The molecule has 0 aliphatic carbocycles. The molecule has 2 heterocycles. The molecule has 0 saturated carbocycles. The molecular formula is C14H14N6O3S. The Morgan fingerprint density at radius 1 is 1.21 bits per heavy atom. The molecule has 0 amide bonds. The number of hydrogen-bond donors (Lipinski definition) is 0. The molecule has 0 spiro atoms. The van der Waals surface area contributed by atoms with E-state index in [4.69, 9.17) is 4.42 Å². The second-order valence-electron chi connectivity index (χ2n) is 5.10. The Hall–Kier alpha value is -2.75. The number of hydrogen-bond acceptors (Lipinski definition) is 8. The van der Waals surface area contributed by atoms with Crippen LogP contribution in [-0.4, -0.2) is 29.9 Å². The molecule has 0 fully saturated rings. The van der Waals surface area contributed by atoms with E-state index in [0.29, 0.717) is 17.3 Å². The Kier molecular flexibility index (Phi) is 4.30. The van der Waals surface area contributed by atoms with Crippen LogP contribution in [0.1, 0.15) is 23.9 Å². The number of aryl methyl sites for hydroxylation is 1. The number of thioether (sulfide) groups is 1. The highest BCUT2D eigenvalue weighted by Crippen LogP contribution is 2.34. The van der Waals surface area contributed by atoms with Gasteiger partial charge >= 0.3 is 0 Å². The van der Waals surface area contributed by atoms with Crippen LogP contribution in [-0.2, 0) is 7.05 Å². The first kappa shape index (κ1) is 16.1. The summed E-state index contributed by atoms with van der Waals surface area (Å²) in [5, 5.41) is 27.5. The minimum absolute atomic E-state index is 0.0139. The van der Waals surface area contributed by atoms with Gasteiger partial charge in [0.15, 0.2) is 5.16 Å². The number of nitro benzene ring substituents is 1. The molecule has 124 valence electrons. The van der Waals surface area contributed by atoms with Crippen molar-refractivity contribution in [1.82, 2.24) is 25.0 Å². The summed E-state index contributed by atoms with van der Waals surface area (Å²) >= 11 is 1.46. The molecule has 1 atom stereocenters. The normalized spacial score (nSPS) is 12.3. The molecule has 3 rings (SSSR count). The Labute approximate surface area is 141 Å². The molecular weight excluding hydrogens is 332 g/mol. The molecule has 0 radical (unpaired) electrons. The number of nitrogens with zero attached hydrogens (tertiary/aromatic N) is 6. The summed E-state index contributed by atoms with van der Waals surface area (Å²) in [5.41, 5.74) is 0.645. The van der Waals surface area contributed by atoms with Crippen molar-refractivity contribution in [3.8, 4) is 11.5 Å². The average molecular weight is 346 g/mol. The molecule has 24 heavy (non-hydrogen) atoms. The summed E-state index contributed by atoms with van der Waals surface area (Å²) in [5.74, 6) is 1.59. The number of non-ortho nitro benzene ring substituents is 1. The van der Waals surface area contributed by atoms with Gasteiger partial charge in [0.25, 0.3) is 5.69 Å². The van der Waals surface area contributed by atoms with Crippen LogP contribution in [0, 0.1) is 17.0 Å². The maximum absolute atomic E-state index is 10.7. The first-order chi connectivity index (χ1) is 11.5. The van der Waals surface area contributed by atoms with Gasteiger partial charge < -0.3 is 8.98 Å². The third kappa shape index (κ3) is 3.13. The third-order valence-corrected chi connectivity index (χ3v) is 4.57. The minimum atomic E-state index is -0.454. The molecule has 3 aromatic rings. The van der Waals surface area contributed by atoms with Crippen LogP contribution < -0.4 is 0 Å². The van der Waals surface area contributed by atoms with Crippen LogP contribution >= 0.6 is 11.8 Å². The summed E-state index contributed by atoms with van der Waals surface area (Å²) in [6.45, 7) is 3.81. The summed E-state index contributed by atoms with van der Waals surface area (Å²) in [6.07, 6.45) is 0. The Morgan fingerprint density at radius 2 is 1.92 bits per heavy atom. The van der Waals surface area contributed by atoms with Crippen LogP contribution in [0.4, 0.5) is 5.69 Å². The Morgan fingerprint density at radius 3 is 2.50 bits per heavy atom. The van der Waals surface area contributed by atoms with Crippen molar-refractivity contribution in [3.05, 3.63) is 46.1 Å². The van der Waals surface area contributed by atoms with Gasteiger partial charge in [-0.15, -0.1) is 20.4 Å². The fourth-order valence-corrected chi connectivity index (χ4v) is 2.83. The number of nitro groups is 1. The zero-order chi connectivity index (χ0) is 17.3. The van der Waals surface area contributed by atoms with Crippen LogP contribution in [0.5, 0.6) is 0 Å². The van der Waals surface area contributed by atoms with Gasteiger partial charge in [-0.1, -0.05) is 11.8 Å². The van der Waals surface area contributed by atoms with Crippen LogP contribution in [0.15, 0.2) is 33.8 Å². The second kappa shape index (κ2) is 6.40. The van der Waals surface area contributed by atoms with Gasteiger partial charge in [0, 0.05) is 24.7 Å². The van der Waals surface area contributed by atoms with Gasteiger partial charge in [-0.25, -0.2) is 0 Å². The zero-order valence-corrected chi connectivity index (χ0v) is 14.0. The van der Waals surface area contributed by atoms with Crippen LogP contribution in [0.25, 0.3) is 11.5 Å². The zero-order valence-electron chi connectivity index (χ0n) is 13.2. The van der Waals surface area contributed by atoms with Crippen molar-refractivity contribution in [2.75, 3.05) is 0 Å². The maximum atomic E-state index is 10.7. The summed E-state index contributed by atoms with van der Waals surface area (Å²) in [7, 11) is 1.89. The lowest BCUT2D eigenvalue weighted by Crippen LogP contribution is -1.96. The highest BCUT2D eigenvalue weighted by atomic mass is 32.2. The number of benzene rings is 1. The summed E-state index contributed by atoms with van der Waals surface area (Å²) in [6, 6.07) is 5.97. The van der Waals surface area contributed by atoms with Gasteiger partial charge in [0.1, 0.15) is 5.82 Å². The second-order valence-corrected chi connectivity index (χ2v) is 6.41. The molecule has 9 nitrogen and oxygen atoms in total. The standard InChI is InChI=1S/C14H14N6O3S/c1-8(24-14-18-15-9(2)19(14)3)12-16-17-13(23-12)10-4-6-11(7-5-10)20(21)22/h4-8H,1-3H3/t8-/m1/s1. The van der Waals surface area contributed by atoms with Crippen molar-refractivity contribution in [2.24, 2.45) is 7.05 Å². The predicted molar refractivity (Wildman–Crippen MR) is 86.4 cm³/mol. The van der Waals surface area contributed by atoms with E-state index in [1.807, 2.05) is 25.5 Å². The SMILES string of the molecule is Cc1nnc(S[C@H](C)c2nnc(-c3ccc([N+](=O)[O-])cc3)o2)n1C. The fourth-order valence-electron chi connectivity index (χ4n) is 1.94. The van der Waals surface area contributed by atoms with Crippen molar-refractivity contribution < 1.29 is 9.34 Å². The molecule has 0 saturated heterocycles. The smallest absolute Gasteiger partial charge is 0.269 e. The van der Waals surface area contributed by atoms with Crippen molar-refractivity contribution in [1.29, 1.82) is 0 Å². The number of aromatic nitrogens is 5. The highest BCUT2D eigenvalue weighted by molar-refractivity contribution is 7.99. The Bertz CT molecular complexity index is 873. The predicted octanol–water partition coefficient (Wildman–Crippen LogP) is 2.94. The van der Waals surface area contributed by atoms with E-state index in [2.05, 4.69) is 20.4 Å². The third-order valence-electron chi connectivity index (χ3n) is 3.45. The lowest BCUT2D eigenvalue weighted by Gasteiger charge is -2.05. The van der Waals surface area contributed by atoms with Gasteiger partial charge in [-0.3, -0.25) is 10.1 Å². The van der Waals surface area contributed by atoms with E-state index < -0.39 is 4.92 Å². The summed E-state index contributed by atoms with van der Waals surface area (Å²) in [4.78, 5) is 10.2. The van der Waals surface area contributed by atoms with Crippen LogP contribution in [0.3, 0.4) is 0 Å². The molecule has 10 heteroatoms. The Balaban J connectivity index is 1.77. The number of rotatable bonds is 5. The maximum Gasteiger partial charge on any atom is 0.269 e. The van der Waals surface area contributed by atoms with Crippen LogP contribution in [0.2, 0.25) is 0 Å². The molecule has 0 aliphatic heterocycles. The molecule has 0 unspecified atom stereocenters. The van der Waals surface area contributed by atoms with E-state index in [9.17, 15) is 10.1 Å². The average Bonchev–Trinajstić information content (AvgIpc) is 3.18. The van der Waals surface area contributed by atoms with Gasteiger partial charge in [-0.2, -0.15) is 0 Å². The molecule has 2 aromatic heterocycles. The summed E-state index contributed by atoms with van der Waals surface area (Å²) < 4.78 is 7.56. The fraction of sp³-hybridized carbons (Fsp3) is 0.286. The first-order valence-electron chi connectivity index (χ1n) is 7.06. The van der Waals surface area contributed by atoms with Crippen molar-refractivity contribution >= 4 is 17.4 Å². The molecule has 0 aliphatic rings. The lowest BCUT2D eigenvalue weighted by molar-refractivity contribution is -0.384. The van der Waals surface area contributed by atoms with E-state index in [1.54, 1.807) is 12.1 Å². The minimum Gasteiger partial charge on any atom is -0.419 e. The topological polar surface area (TPSA) is 113 Å². The molecule has 0 N–H and O–H groups in total.